The molecular weight excluding hydrogens is 259 g/mol. The van der Waals surface area contributed by atoms with E-state index >= 15 is 0 Å². The Labute approximate surface area is 95.4 Å². The summed E-state index contributed by atoms with van der Waals surface area (Å²) in [6, 6.07) is 3.03. The van der Waals surface area contributed by atoms with Crippen LogP contribution < -0.4 is 5.73 Å². The number of fused-ring (bicyclic) bond motifs is 1. The summed E-state index contributed by atoms with van der Waals surface area (Å²) in [5, 5.41) is 0.396. The van der Waals surface area contributed by atoms with Gasteiger partial charge >= 0.3 is 0 Å². The largest absolute Gasteiger partial charge is 0.398 e. The number of nitrogens with zero attached hydrogens (tertiary/aromatic N) is 1. The topological polar surface area (TPSA) is 38.9 Å². The Bertz CT molecular complexity index is 552. The van der Waals surface area contributed by atoms with Crippen molar-refractivity contribution in [2.24, 2.45) is 0 Å². The van der Waals surface area contributed by atoms with Gasteiger partial charge in [0.15, 0.2) is 0 Å². The molecule has 0 fully saturated rings. The third kappa shape index (κ3) is 1.49. The van der Waals surface area contributed by atoms with Crippen molar-refractivity contribution in [2.75, 3.05) is 5.73 Å². The summed E-state index contributed by atoms with van der Waals surface area (Å²) in [5.41, 5.74) is 8.59. The molecule has 0 aliphatic carbocycles. The van der Waals surface area contributed by atoms with Crippen LogP contribution in [0.5, 0.6) is 0 Å². The number of aryl methyl sites for hydroxylation is 1. The van der Waals surface area contributed by atoms with Gasteiger partial charge in [0, 0.05) is 15.9 Å². The van der Waals surface area contributed by atoms with E-state index in [-0.39, 0.29) is 5.82 Å². The van der Waals surface area contributed by atoms with Crippen LogP contribution in [0.25, 0.3) is 10.9 Å². The van der Waals surface area contributed by atoms with Crippen molar-refractivity contribution in [2.45, 2.75) is 13.8 Å². The van der Waals surface area contributed by atoms with Gasteiger partial charge in [0.2, 0.25) is 0 Å². The standard InChI is InChI=1S/C11H10BrFN2/c1-5-6(2)15-11-7(12)3-4-8(13)9(11)10(5)14/h3-4H,1-2H3,(H2,14,15). The van der Waals surface area contributed by atoms with Crippen LogP contribution in [0.2, 0.25) is 0 Å². The number of nitrogens with two attached hydrogens (primary N) is 1. The zero-order valence-corrected chi connectivity index (χ0v) is 10.0. The molecule has 1 aromatic carbocycles. The molecule has 2 nitrogen and oxygen atoms in total. The second-order valence-electron chi connectivity index (χ2n) is 3.49. The summed E-state index contributed by atoms with van der Waals surface area (Å²) in [7, 11) is 0. The number of halogens is 2. The first-order valence-corrected chi connectivity index (χ1v) is 5.32. The molecule has 0 aliphatic heterocycles. The van der Waals surface area contributed by atoms with Crippen LogP contribution in [0.4, 0.5) is 10.1 Å². The monoisotopic (exact) mass is 268 g/mol. The molecule has 4 heteroatoms. The molecule has 0 radical (unpaired) electrons. The normalized spacial score (nSPS) is 10.9. The smallest absolute Gasteiger partial charge is 0.134 e. The fourth-order valence-corrected chi connectivity index (χ4v) is 1.96. The molecule has 0 saturated carbocycles. The van der Waals surface area contributed by atoms with Crippen LogP contribution in [0.3, 0.4) is 0 Å². The SMILES string of the molecule is Cc1nc2c(Br)ccc(F)c2c(N)c1C. The van der Waals surface area contributed by atoms with Crippen molar-refractivity contribution in [3.63, 3.8) is 0 Å². The van der Waals surface area contributed by atoms with Gasteiger partial charge in [0.25, 0.3) is 0 Å². The lowest BCUT2D eigenvalue weighted by Gasteiger charge is -2.10. The number of benzene rings is 1. The summed E-state index contributed by atoms with van der Waals surface area (Å²) in [5.74, 6) is -0.332. The van der Waals surface area contributed by atoms with E-state index in [0.29, 0.717) is 16.6 Å². The molecule has 1 aromatic heterocycles. The molecular formula is C11H10BrFN2. The molecule has 0 amide bonds. The molecule has 0 unspecified atom stereocenters. The molecule has 0 spiro atoms. The van der Waals surface area contributed by atoms with E-state index in [1.54, 1.807) is 6.07 Å². The van der Waals surface area contributed by atoms with Gasteiger partial charge in [-0.25, -0.2) is 4.39 Å². The zero-order valence-electron chi connectivity index (χ0n) is 8.44. The molecule has 15 heavy (non-hydrogen) atoms. The molecule has 0 bridgehead atoms. The van der Waals surface area contributed by atoms with Crippen molar-refractivity contribution in [3.05, 3.63) is 33.7 Å². The Morgan fingerprint density at radius 3 is 2.67 bits per heavy atom. The quantitative estimate of drug-likeness (QED) is 0.796. The lowest BCUT2D eigenvalue weighted by Crippen LogP contribution is -1.99. The Morgan fingerprint density at radius 2 is 2.00 bits per heavy atom. The van der Waals surface area contributed by atoms with Gasteiger partial charge in [-0.1, -0.05) is 0 Å². The molecule has 1 heterocycles. The molecule has 2 rings (SSSR count). The fraction of sp³-hybridized carbons (Fsp3) is 0.182. The highest BCUT2D eigenvalue weighted by atomic mass is 79.9. The van der Waals surface area contributed by atoms with E-state index in [1.807, 2.05) is 13.8 Å². The number of hydrogen-bond donors (Lipinski definition) is 1. The van der Waals surface area contributed by atoms with E-state index in [4.69, 9.17) is 5.73 Å². The van der Waals surface area contributed by atoms with E-state index in [9.17, 15) is 4.39 Å². The van der Waals surface area contributed by atoms with Gasteiger partial charge in [0.05, 0.1) is 10.9 Å². The van der Waals surface area contributed by atoms with Crippen molar-refractivity contribution >= 4 is 32.5 Å². The van der Waals surface area contributed by atoms with Crippen LogP contribution in [0.15, 0.2) is 16.6 Å². The number of nitrogen functional groups attached to an aromatic ring is 1. The first-order valence-electron chi connectivity index (χ1n) is 4.52. The highest BCUT2D eigenvalue weighted by molar-refractivity contribution is 9.10. The third-order valence-electron chi connectivity index (χ3n) is 2.57. The third-order valence-corrected chi connectivity index (χ3v) is 3.21. The number of anilines is 1. The van der Waals surface area contributed by atoms with Crippen molar-refractivity contribution < 1.29 is 4.39 Å². The molecule has 78 valence electrons. The fourth-order valence-electron chi connectivity index (χ4n) is 1.54. The second kappa shape index (κ2) is 3.45. The van der Waals surface area contributed by atoms with Crippen LogP contribution in [-0.2, 0) is 0 Å². The minimum absolute atomic E-state index is 0.332. The van der Waals surface area contributed by atoms with E-state index in [2.05, 4.69) is 20.9 Å². The van der Waals surface area contributed by atoms with Gasteiger partial charge in [-0.05, 0) is 47.5 Å². The van der Waals surface area contributed by atoms with Gasteiger partial charge in [-0.2, -0.15) is 0 Å². The van der Waals surface area contributed by atoms with Gasteiger partial charge < -0.3 is 5.73 Å². The van der Waals surface area contributed by atoms with Crippen LogP contribution in [0.1, 0.15) is 11.3 Å². The number of aromatic nitrogens is 1. The number of hydrogen-bond acceptors (Lipinski definition) is 2. The van der Waals surface area contributed by atoms with Gasteiger partial charge in [0.1, 0.15) is 5.82 Å². The average molecular weight is 269 g/mol. The predicted octanol–water partition coefficient (Wildman–Crippen LogP) is 3.34. The minimum atomic E-state index is -0.332. The summed E-state index contributed by atoms with van der Waals surface area (Å²) in [4.78, 5) is 4.33. The van der Waals surface area contributed by atoms with E-state index < -0.39 is 0 Å². The minimum Gasteiger partial charge on any atom is -0.398 e. The van der Waals surface area contributed by atoms with Crippen molar-refractivity contribution in [3.8, 4) is 0 Å². The Hall–Kier alpha value is -1.16. The number of rotatable bonds is 0. The zero-order chi connectivity index (χ0) is 11.2. The molecule has 0 aliphatic rings. The van der Waals surface area contributed by atoms with Crippen molar-refractivity contribution in [1.82, 2.24) is 4.98 Å². The molecule has 0 saturated heterocycles. The van der Waals surface area contributed by atoms with Crippen LogP contribution in [-0.4, -0.2) is 4.98 Å². The summed E-state index contributed by atoms with van der Waals surface area (Å²) in [6.07, 6.45) is 0. The lowest BCUT2D eigenvalue weighted by atomic mass is 10.1. The molecule has 0 atom stereocenters. The van der Waals surface area contributed by atoms with Crippen LogP contribution in [0, 0.1) is 19.7 Å². The lowest BCUT2D eigenvalue weighted by molar-refractivity contribution is 0.639. The summed E-state index contributed by atoms with van der Waals surface area (Å²) < 4.78 is 14.4. The summed E-state index contributed by atoms with van der Waals surface area (Å²) in [6.45, 7) is 3.71. The van der Waals surface area contributed by atoms with Crippen LogP contribution >= 0.6 is 15.9 Å². The maximum absolute atomic E-state index is 13.6. The maximum atomic E-state index is 13.6. The summed E-state index contributed by atoms with van der Waals surface area (Å²) >= 11 is 3.34. The molecule has 2 N–H and O–H groups in total. The first kappa shape index (κ1) is 10.4. The number of pyridine rings is 1. The van der Waals surface area contributed by atoms with Crippen molar-refractivity contribution in [1.29, 1.82) is 0 Å². The maximum Gasteiger partial charge on any atom is 0.134 e. The van der Waals surface area contributed by atoms with Gasteiger partial charge in [-0.15, -0.1) is 0 Å². The Morgan fingerprint density at radius 1 is 1.33 bits per heavy atom. The predicted molar refractivity (Wildman–Crippen MR) is 63.3 cm³/mol. The Kier molecular flexibility index (Phi) is 2.38. The molecule has 2 aromatic rings. The van der Waals surface area contributed by atoms with Gasteiger partial charge in [-0.3, -0.25) is 4.98 Å². The highest BCUT2D eigenvalue weighted by Crippen LogP contribution is 2.31. The Balaban J connectivity index is 3.04. The average Bonchev–Trinajstić information content (AvgIpc) is 2.20. The van der Waals surface area contributed by atoms with E-state index in [0.717, 1.165) is 15.7 Å². The highest BCUT2D eigenvalue weighted by Gasteiger charge is 2.12. The first-order chi connectivity index (χ1) is 7.02. The second-order valence-corrected chi connectivity index (χ2v) is 4.34. The van der Waals surface area contributed by atoms with E-state index in [1.165, 1.54) is 6.07 Å².